The lowest BCUT2D eigenvalue weighted by atomic mass is 10.00. The summed E-state index contributed by atoms with van der Waals surface area (Å²) in [5.74, 6) is -1.60. The van der Waals surface area contributed by atoms with Crippen LogP contribution < -0.4 is 5.32 Å². The number of nitrogens with one attached hydrogen (secondary N) is 1. The number of hydrogen-bond acceptors (Lipinski definition) is 3. The lowest BCUT2D eigenvalue weighted by molar-refractivity contribution is -0.129. The van der Waals surface area contributed by atoms with Gasteiger partial charge in [-0.05, 0) is 0 Å². The molecule has 0 aromatic carbocycles. The Morgan fingerprint density at radius 1 is 1.36 bits per heavy atom. The molecule has 2 aliphatic heterocycles. The molecule has 14 heavy (non-hydrogen) atoms. The van der Waals surface area contributed by atoms with Gasteiger partial charge in [0.05, 0.1) is 11.8 Å². The van der Waals surface area contributed by atoms with Crippen LogP contribution in [0.2, 0.25) is 0 Å². The number of nitrogens with zero attached hydrogens (tertiary/aromatic N) is 1. The van der Waals surface area contributed by atoms with Crippen molar-refractivity contribution in [1.29, 1.82) is 0 Å². The van der Waals surface area contributed by atoms with E-state index in [9.17, 15) is 14.4 Å². The predicted octanol–water partition coefficient (Wildman–Crippen LogP) is -1.04. The van der Waals surface area contributed by atoms with E-state index >= 15 is 0 Å². The molecule has 2 aliphatic rings. The topological polar surface area (TPSA) is 66.5 Å². The van der Waals surface area contributed by atoms with Crippen molar-refractivity contribution in [2.45, 2.75) is 0 Å². The molecule has 3 amide bonds. The van der Waals surface area contributed by atoms with E-state index in [2.05, 4.69) is 5.32 Å². The normalized spacial score (nSPS) is 30.5. The molecule has 1 N–H and O–H groups in total. The minimum atomic E-state index is -0.366. The molecule has 2 unspecified atom stereocenters. The van der Waals surface area contributed by atoms with Gasteiger partial charge in [-0.3, -0.25) is 19.7 Å². The van der Waals surface area contributed by atoms with Crippen LogP contribution in [0.4, 0.5) is 0 Å². The average molecular weight is 217 g/mol. The number of amides is 3. The molecule has 0 spiro atoms. The first-order valence-electron chi connectivity index (χ1n) is 4.32. The maximum Gasteiger partial charge on any atom is 0.237 e. The van der Waals surface area contributed by atoms with E-state index in [1.54, 1.807) is 0 Å². The monoisotopic (exact) mass is 216 g/mol. The molecule has 0 aromatic rings. The van der Waals surface area contributed by atoms with Crippen molar-refractivity contribution in [3.05, 3.63) is 0 Å². The van der Waals surface area contributed by atoms with Crippen LogP contribution >= 0.6 is 11.6 Å². The molecular formula is C8H9ClN2O3. The molecule has 2 saturated heterocycles. The van der Waals surface area contributed by atoms with Gasteiger partial charge in [0, 0.05) is 13.1 Å². The van der Waals surface area contributed by atoms with Gasteiger partial charge in [0.25, 0.3) is 0 Å². The number of alkyl halides is 1. The van der Waals surface area contributed by atoms with E-state index < -0.39 is 0 Å². The van der Waals surface area contributed by atoms with E-state index in [4.69, 9.17) is 11.6 Å². The summed E-state index contributed by atoms with van der Waals surface area (Å²) in [7, 11) is 0. The van der Waals surface area contributed by atoms with Crippen LogP contribution in [0.1, 0.15) is 0 Å². The predicted molar refractivity (Wildman–Crippen MR) is 47.4 cm³/mol. The first kappa shape index (κ1) is 9.45. The summed E-state index contributed by atoms with van der Waals surface area (Å²) in [6.07, 6.45) is 0. The number of carbonyl (C=O) groups excluding carboxylic acids is 3. The number of halogens is 1. The number of imide groups is 1. The Hall–Kier alpha value is -1.10. The summed E-state index contributed by atoms with van der Waals surface area (Å²) in [6, 6.07) is 0. The van der Waals surface area contributed by atoms with Gasteiger partial charge in [0.1, 0.15) is 5.88 Å². The van der Waals surface area contributed by atoms with Crippen molar-refractivity contribution in [3.8, 4) is 0 Å². The highest BCUT2D eigenvalue weighted by Gasteiger charge is 2.48. The standard InChI is InChI=1S/C8H9ClN2O3/c9-1-6(12)11-2-4-5(3-11)8(14)10-7(4)13/h4-5H,1-3H2,(H,10,13,14). The zero-order valence-corrected chi connectivity index (χ0v) is 8.08. The van der Waals surface area contributed by atoms with Gasteiger partial charge >= 0.3 is 0 Å². The third-order valence-corrected chi connectivity index (χ3v) is 2.94. The van der Waals surface area contributed by atoms with E-state index in [1.165, 1.54) is 4.90 Å². The van der Waals surface area contributed by atoms with Crippen LogP contribution in [0.15, 0.2) is 0 Å². The van der Waals surface area contributed by atoms with Gasteiger partial charge in [0.2, 0.25) is 17.7 Å². The largest absolute Gasteiger partial charge is 0.340 e. The van der Waals surface area contributed by atoms with Gasteiger partial charge in [0.15, 0.2) is 0 Å². The van der Waals surface area contributed by atoms with Crippen molar-refractivity contribution < 1.29 is 14.4 Å². The smallest absolute Gasteiger partial charge is 0.237 e. The summed E-state index contributed by atoms with van der Waals surface area (Å²) in [5, 5.41) is 2.25. The zero-order valence-electron chi connectivity index (χ0n) is 7.33. The lowest BCUT2D eigenvalue weighted by Crippen LogP contribution is -2.35. The summed E-state index contributed by atoms with van der Waals surface area (Å²) in [5.41, 5.74) is 0. The fourth-order valence-electron chi connectivity index (χ4n) is 1.93. The highest BCUT2D eigenvalue weighted by molar-refractivity contribution is 6.27. The van der Waals surface area contributed by atoms with Crippen molar-refractivity contribution in [2.24, 2.45) is 11.8 Å². The molecule has 0 radical (unpaired) electrons. The zero-order chi connectivity index (χ0) is 10.3. The Morgan fingerprint density at radius 2 is 1.86 bits per heavy atom. The molecule has 76 valence electrons. The highest BCUT2D eigenvalue weighted by Crippen LogP contribution is 2.28. The summed E-state index contributed by atoms with van der Waals surface area (Å²) in [4.78, 5) is 35.1. The second kappa shape index (κ2) is 3.24. The fourth-order valence-corrected chi connectivity index (χ4v) is 2.10. The Kier molecular flexibility index (Phi) is 2.19. The molecular weight excluding hydrogens is 208 g/mol. The molecule has 0 aromatic heterocycles. The third kappa shape index (κ3) is 1.28. The molecule has 2 atom stereocenters. The van der Waals surface area contributed by atoms with Crippen LogP contribution in [0.5, 0.6) is 0 Å². The maximum atomic E-state index is 11.2. The number of likely N-dealkylation sites (tertiary alicyclic amines) is 1. The Morgan fingerprint density at radius 3 is 2.29 bits per heavy atom. The molecule has 0 saturated carbocycles. The van der Waals surface area contributed by atoms with Crippen molar-refractivity contribution >= 4 is 29.3 Å². The van der Waals surface area contributed by atoms with Gasteiger partial charge in [-0.25, -0.2) is 0 Å². The number of rotatable bonds is 1. The third-order valence-electron chi connectivity index (χ3n) is 2.71. The molecule has 6 heteroatoms. The quantitative estimate of drug-likeness (QED) is 0.450. The number of hydrogen-bond donors (Lipinski definition) is 1. The van der Waals surface area contributed by atoms with E-state index in [0.29, 0.717) is 13.1 Å². The maximum absolute atomic E-state index is 11.2. The Labute approximate surface area is 85.4 Å². The van der Waals surface area contributed by atoms with Crippen LogP contribution in [0, 0.1) is 11.8 Å². The molecule has 0 bridgehead atoms. The molecule has 2 fully saturated rings. The fraction of sp³-hybridized carbons (Fsp3) is 0.625. The van der Waals surface area contributed by atoms with Gasteiger partial charge in [-0.15, -0.1) is 11.6 Å². The molecule has 0 aliphatic carbocycles. The highest BCUT2D eigenvalue weighted by atomic mass is 35.5. The van der Waals surface area contributed by atoms with E-state index in [0.717, 1.165) is 0 Å². The lowest BCUT2D eigenvalue weighted by Gasteiger charge is -2.14. The molecule has 5 nitrogen and oxygen atoms in total. The average Bonchev–Trinajstić information content (AvgIpc) is 2.69. The van der Waals surface area contributed by atoms with E-state index in [-0.39, 0.29) is 35.4 Å². The second-order valence-electron chi connectivity index (χ2n) is 3.50. The number of carbonyl (C=O) groups is 3. The van der Waals surface area contributed by atoms with Gasteiger partial charge < -0.3 is 4.90 Å². The van der Waals surface area contributed by atoms with Crippen molar-refractivity contribution in [2.75, 3.05) is 19.0 Å². The van der Waals surface area contributed by atoms with Crippen LogP contribution in [0.25, 0.3) is 0 Å². The van der Waals surface area contributed by atoms with Crippen molar-refractivity contribution in [3.63, 3.8) is 0 Å². The first-order chi connectivity index (χ1) is 6.63. The van der Waals surface area contributed by atoms with Gasteiger partial charge in [-0.1, -0.05) is 0 Å². The summed E-state index contributed by atoms with van der Waals surface area (Å²) in [6.45, 7) is 0.627. The van der Waals surface area contributed by atoms with E-state index in [1.807, 2.05) is 0 Å². The van der Waals surface area contributed by atoms with Gasteiger partial charge in [-0.2, -0.15) is 0 Å². The minimum absolute atomic E-state index is 0.102. The SMILES string of the molecule is O=C1NC(=O)C2CN(C(=O)CCl)CC12. The van der Waals surface area contributed by atoms with Crippen LogP contribution in [0.3, 0.4) is 0 Å². The first-order valence-corrected chi connectivity index (χ1v) is 4.85. The van der Waals surface area contributed by atoms with Crippen LogP contribution in [-0.2, 0) is 14.4 Å². The Bertz CT molecular complexity index is 296. The van der Waals surface area contributed by atoms with Crippen molar-refractivity contribution in [1.82, 2.24) is 10.2 Å². The summed E-state index contributed by atoms with van der Waals surface area (Å²) >= 11 is 5.38. The van der Waals surface area contributed by atoms with Crippen LogP contribution in [-0.4, -0.2) is 41.6 Å². The second-order valence-corrected chi connectivity index (χ2v) is 3.77. The summed E-state index contributed by atoms with van der Waals surface area (Å²) < 4.78 is 0. The molecule has 2 heterocycles. The Balaban J connectivity index is 2.11. The number of fused-ring (bicyclic) bond motifs is 1. The molecule has 2 rings (SSSR count). The minimum Gasteiger partial charge on any atom is -0.340 e.